The highest BCUT2D eigenvalue weighted by Gasteiger charge is 2.32. The van der Waals surface area contributed by atoms with Crippen LogP contribution in [-0.2, 0) is 24.1 Å². The van der Waals surface area contributed by atoms with Crippen molar-refractivity contribution >= 4 is 17.2 Å². The Morgan fingerprint density at radius 1 is 1.28 bits per heavy atom. The summed E-state index contributed by atoms with van der Waals surface area (Å²) in [5, 5.41) is 25.5. The minimum Gasteiger partial charge on any atom is -0.490 e. The van der Waals surface area contributed by atoms with Crippen LogP contribution in [0.25, 0.3) is 22.2 Å². The Morgan fingerprint density at radius 3 is 2.67 bits per heavy atom. The van der Waals surface area contributed by atoms with E-state index >= 15 is 0 Å². The molecule has 36 heavy (non-hydrogen) atoms. The van der Waals surface area contributed by atoms with Gasteiger partial charge in [0.15, 0.2) is 0 Å². The van der Waals surface area contributed by atoms with Crippen molar-refractivity contribution in [3.05, 3.63) is 39.3 Å². The smallest absolute Gasteiger partial charge is 0.268 e. The lowest BCUT2D eigenvalue weighted by Crippen LogP contribution is -2.36. The van der Waals surface area contributed by atoms with Crippen molar-refractivity contribution in [1.29, 1.82) is 0 Å². The number of carbonyl (C=O) groups excluding carboxylic acids is 1. The number of amides is 1. The number of aliphatic hydroxyl groups excluding tert-OH is 2. The maximum absolute atomic E-state index is 11.1. The molecule has 8 nitrogen and oxygen atoms in total. The van der Waals surface area contributed by atoms with Gasteiger partial charge in [-0.15, -0.1) is 11.3 Å². The fourth-order valence-electron chi connectivity index (χ4n) is 4.78. The first-order valence-corrected chi connectivity index (χ1v) is 13.2. The molecule has 3 N–H and O–H groups in total. The maximum atomic E-state index is 11.1. The molecule has 0 bridgehead atoms. The summed E-state index contributed by atoms with van der Waals surface area (Å²) < 4.78 is 11.6. The number of nitrogens with one attached hydrogen (secondary N) is 1. The summed E-state index contributed by atoms with van der Waals surface area (Å²) in [6.07, 6.45) is 3.38. The summed E-state index contributed by atoms with van der Waals surface area (Å²) in [4.78, 5) is 18.4. The van der Waals surface area contributed by atoms with E-state index in [-0.39, 0.29) is 13.2 Å². The van der Waals surface area contributed by atoms with Gasteiger partial charge in [0.25, 0.3) is 5.89 Å². The Balaban J connectivity index is 1.52. The number of hydrogen-bond donors (Lipinski definition) is 3. The molecule has 0 spiro atoms. The van der Waals surface area contributed by atoms with Crippen molar-refractivity contribution in [3.8, 4) is 27.9 Å². The molecule has 0 aliphatic heterocycles. The normalized spacial score (nSPS) is 15.4. The largest absolute Gasteiger partial charge is 0.490 e. The predicted octanol–water partition coefficient (Wildman–Crippen LogP) is 4.01. The molecular weight excluding hydrogens is 478 g/mol. The lowest BCUT2D eigenvalue weighted by Gasteiger charge is -2.30. The number of aromatic nitrogens is 2. The third kappa shape index (κ3) is 5.63. The summed E-state index contributed by atoms with van der Waals surface area (Å²) in [7, 11) is 0. The van der Waals surface area contributed by atoms with Gasteiger partial charge in [-0.1, -0.05) is 25.9 Å². The van der Waals surface area contributed by atoms with E-state index in [4.69, 9.17) is 19.4 Å². The Bertz CT molecular complexity index is 1220. The molecule has 9 heteroatoms. The number of thiophene rings is 1. The fraction of sp³-hybridized carbons (Fsp3) is 0.519. The monoisotopic (exact) mass is 513 g/mol. The molecule has 2 heterocycles. The van der Waals surface area contributed by atoms with Gasteiger partial charge in [-0.3, -0.25) is 4.79 Å². The summed E-state index contributed by atoms with van der Waals surface area (Å²) in [6.45, 7) is 10.1. The maximum Gasteiger partial charge on any atom is 0.268 e. The number of aliphatic hydroxyl groups is 2. The van der Waals surface area contributed by atoms with Crippen molar-refractivity contribution in [2.45, 2.75) is 66.4 Å². The zero-order valence-electron chi connectivity index (χ0n) is 21.6. The van der Waals surface area contributed by atoms with Crippen LogP contribution < -0.4 is 10.1 Å². The van der Waals surface area contributed by atoms with Crippen molar-refractivity contribution in [2.24, 2.45) is 5.41 Å². The second-order valence-electron chi connectivity index (χ2n) is 10.3. The molecule has 3 aromatic rings. The highest BCUT2D eigenvalue weighted by atomic mass is 32.1. The molecule has 0 fully saturated rings. The van der Waals surface area contributed by atoms with Crippen LogP contribution in [0.3, 0.4) is 0 Å². The van der Waals surface area contributed by atoms with Crippen molar-refractivity contribution in [1.82, 2.24) is 15.5 Å². The van der Waals surface area contributed by atoms with Crippen molar-refractivity contribution in [2.75, 3.05) is 19.8 Å². The Kier molecular flexibility index (Phi) is 7.82. The van der Waals surface area contributed by atoms with Gasteiger partial charge in [0, 0.05) is 17.0 Å². The quantitative estimate of drug-likeness (QED) is 0.396. The van der Waals surface area contributed by atoms with Crippen molar-refractivity contribution < 1.29 is 24.3 Å². The Hall–Kier alpha value is -2.75. The van der Waals surface area contributed by atoms with Gasteiger partial charge in [0.2, 0.25) is 11.7 Å². The minimum atomic E-state index is -0.894. The number of aryl methyl sites for hydroxylation is 3. The fourth-order valence-corrected chi connectivity index (χ4v) is 6.00. The summed E-state index contributed by atoms with van der Waals surface area (Å²) in [6, 6.07) is 3.89. The molecule has 0 radical (unpaired) electrons. The van der Waals surface area contributed by atoms with Crippen LogP contribution in [0.2, 0.25) is 0 Å². The number of rotatable bonds is 9. The van der Waals surface area contributed by atoms with Crippen LogP contribution in [0.5, 0.6) is 5.75 Å². The predicted molar refractivity (Wildman–Crippen MR) is 139 cm³/mol. The zero-order chi connectivity index (χ0) is 26.0. The average molecular weight is 514 g/mol. The second kappa shape index (κ2) is 10.7. The highest BCUT2D eigenvalue weighted by molar-refractivity contribution is 7.15. The molecule has 1 atom stereocenters. The van der Waals surface area contributed by atoms with Gasteiger partial charge in [0.05, 0.1) is 4.88 Å². The molecule has 1 amide bonds. The molecule has 1 unspecified atom stereocenters. The van der Waals surface area contributed by atoms with Crippen LogP contribution in [0.4, 0.5) is 0 Å². The number of carbonyl (C=O) groups is 1. The van der Waals surface area contributed by atoms with Crippen LogP contribution in [0.1, 0.15) is 54.3 Å². The zero-order valence-corrected chi connectivity index (χ0v) is 22.4. The van der Waals surface area contributed by atoms with Gasteiger partial charge < -0.3 is 24.8 Å². The van der Waals surface area contributed by atoms with E-state index in [1.54, 1.807) is 11.3 Å². The van der Waals surface area contributed by atoms with Crippen molar-refractivity contribution in [3.63, 3.8) is 0 Å². The third-order valence-corrected chi connectivity index (χ3v) is 8.07. The Labute approximate surface area is 215 Å². The molecular formula is C27H35N3O5S. The lowest BCUT2D eigenvalue weighted by molar-refractivity contribution is -0.124. The topological polar surface area (TPSA) is 118 Å². The number of fused-ring (bicyclic) bond motifs is 1. The van der Waals surface area contributed by atoms with Gasteiger partial charge in [-0.2, -0.15) is 4.98 Å². The summed E-state index contributed by atoms with van der Waals surface area (Å²) in [5.41, 5.74) is 5.76. The van der Waals surface area contributed by atoms with Crippen LogP contribution in [-0.4, -0.2) is 52.1 Å². The van der Waals surface area contributed by atoms with Gasteiger partial charge in [0.1, 0.15) is 25.1 Å². The van der Waals surface area contributed by atoms with Gasteiger partial charge in [-0.25, -0.2) is 0 Å². The van der Waals surface area contributed by atoms with E-state index in [1.165, 1.54) is 16.0 Å². The van der Waals surface area contributed by atoms with Crippen LogP contribution >= 0.6 is 11.3 Å². The SMILES string of the molecule is CCc1sc(-c2nc(-c3cc(C)c(OCC(O)CNC(=O)CO)c(C)c3)no2)c2c1CC(C)(C)CC2. The molecule has 0 saturated carbocycles. The van der Waals surface area contributed by atoms with E-state index in [9.17, 15) is 9.90 Å². The number of benzene rings is 1. The third-order valence-electron chi connectivity index (χ3n) is 6.67. The summed E-state index contributed by atoms with van der Waals surface area (Å²) >= 11 is 1.78. The van der Waals surface area contributed by atoms with E-state index < -0.39 is 18.6 Å². The first kappa shape index (κ1) is 26.3. The minimum absolute atomic E-state index is 0.00483. The highest BCUT2D eigenvalue weighted by Crippen LogP contribution is 2.45. The molecule has 1 aliphatic carbocycles. The average Bonchev–Trinajstić information content (AvgIpc) is 3.45. The van der Waals surface area contributed by atoms with E-state index in [0.29, 0.717) is 22.9 Å². The van der Waals surface area contributed by atoms with Crippen LogP contribution in [0.15, 0.2) is 16.7 Å². The first-order chi connectivity index (χ1) is 17.1. The second-order valence-corrected chi connectivity index (χ2v) is 11.4. The number of ether oxygens (including phenoxy) is 1. The molecule has 2 aromatic heterocycles. The number of nitrogens with zero attached hydrogens (tertiary/aromatic N) is 2. The molecule has 194 valence electrons. The standard InChI is InChI=1S/C27H35N3O5S/c1-6-21-20-11-27(4,5)8-7-19(20)24(36-21)26-29-25(30-35-26)17-9-15(2)23(16(3)10-17)34-14-18(32)12-28-22(33)13-31/h9-10,18,31-32H,6-8,11-14H2,1-5H3,(H,28,33). The van der Waals surface area contributed by atoms with Gasteiger partial charge >= 0.3 is 0 Å². The first-order valence-electron chi connectivity index (χ1n) is 12.4. The van der Waals surface area contributed by atoms with Gasteiger partial charge in [-0.05, 0) is 79.3 Å². The molecule has 4 rings (SSSR count). The lowest BCUT2D eigenvalue weighted by atomic mass is 9.74. The molecule has 0 saturated heterocycles. The van der Waals surface area contributed by atoms with E-state index in [1.807, 2.05) is 26.0 Å². The Morgan fingerprint density at radius 2 is 2.00 bits per heavy atom. The van der Waals surface area contributed by atoms with E-state index in [0.717, 1.165) is 47.3 Å². The molecule has 1 aromatic carbocycles. The van der Waals surface area contributed by atoms with Crippen LogP contribution in [0, 0.1) is 19.3 Å². The van der Waals surface area contributed by atoms with E-state index in [2.05, 4.69) is 31.2 Å². The summed E-state index contributed by atoms with van der Waals surface area (Å²) in [5.74, 6) is 1.24. The molecule has 1 aliphatic rings. The number of hydrogen-bond acceptors (Lipinski definition) is 8.